The number of hydrogen-bond acceptors (Lipinski definition) is 5. The maximum Gasteiger partial charge on any atom is 0.227 e. The van der Waals surface area contributed by atoms with Crippen LogP contribution >= 0.6 is 0 Å². The van der Waals surface area contributed by atoms with Gasteiger partial charge in [-0.25, -0.2) is 4.98 Å². The van der Waals surface area contributed by atoms with Crippen molar-refractivity contribution < 1.29 is 18.7 Å². The fourth-order valence-electron chi connectivity index (χ4n) is 2.92. The summed E-state index contributed by atoms with van der Waals surface area (Å²) in [5.41, 5.74) is 2.39. The van der Waals surface area contributed by atoms with Crippen molar-refractivity contribution in [3.05, 3.63) is 42.5 Å². The first-order valence-corrected chi connectivity index (χ1v) is 9.60. The summed E-state index contributed by atoms with van der Waals surface area (Å²) in [6.45, 7) is 4.57. The molecule has 146 valence electrons. The first-order valence-electron chi connectivity index (χ1n) is 9.60. The summed E-state index contributed by atoms with van der Waals surface area (Å²) in [7, 11) is 0. The first-order chi connectivity index (χ1) is 13.6. The topological polar surface area (TPSA) is 73.6 Å². The van der Waals surface area contributed by atoms with Gasteiger partial charge in [-0.05, 0) is 62.1 Å². The van der Waals surface area contributed by atoms with Crippen LogP contribution in [0.5, 0.6) is 11.5 Å². The van der Waals surface area contributed by atoms with Crippen LogP contribution in [0, 0.1) is 5.92 Å². The summed E-state index contributed by atoms with van der Waals surface area (Å²) < 4.78 is 17.4. The summed E-state index contributed by atoms with van der Waals surface area (Å²) in [6, 6.07) is 13.3. The highest BCUT2D eigenvalue weighted by Crippen LogP contribution is 2.31. The molecule has 1 unspecified atom stereocenters. The number of amides is 1. The summed E-state index contributed by atoms with van der Waals surface area (Å²) in [5, 5.41) is 2.79. The maximum atomic E-state index is 11.0. The zero-order valence-corrected chi connectivity index (χ0v) is 16.1. The monoisotopic (exact) mass is 380 g/mol. The number of aromatic nitrogens is 1. The number of hydrogen-bond donors (Lipinski definition) is 1. The molecule has 1 heterocycles. The number of oxazole rings is 1. The van der Waals surface area contributed by atoms with Crippen molar-refractivity contribution in [3.8, 4) is 23.0 Å². The molecule has 0 saturated heterocycles. The molecule has 1 aliphatic rings. The average molecular weight is 380 g/mol. The fourth-order valence-corrected chi connectivity index (χ4v) is 2.92. The minimum absolute atomic E-state index is 0.0504. The quantitative estimate of drug-likeness (QED) is 0.634. The third kappa shape index (κ3) is 4.63. The van der Waals surface area contributed by atoms with Crippen molar-refractivity contribution in [1.82, 2.24) is 10.3 Å². The minimum Gasteiger partial charge on any atom is -0.493 e. The zero-order chi connectivity index (χ0) is 19.5. The SMILES string of the molecule is CC(=O)NC(C)COc1ccc(-c2nc3ccc(OCC4CC4)cc3o2)cc1. The summed E-state index contributed by atoms with van der Waals surface area (Å²) in [4.78, 5) is 15.6. The third-order valence-electron chi connectivity index (χ3n) is 4.59. The largest absolute Gasteiger partial charge is 0.493 e. The second kappa shape index (κ2) is 7.92. The van der Waals surface area contributed by atoms with Crippen LogP contribution in [0.2, 0.25) is 0 Å². The fraction of sp³-hybridized carbons (Fsp3) is 0.364. The van der Waals surface area contributed by atoms with Gasteiger partial charge in [0.05, 0.1) is 12.6 Å². The summed E-state index contributed by atoms with van der Waals surface area (Å²) >= 11 is 0. The summed E-state index contributed by atoms with van der Waals surface area (Å²) in [6.07, 6.45) is 2.53. The van der Waals surface area contributed by atoms with Crippen molar-refractivity contribution >= 4 is 17.0 Å². The molecule has 1 amide bonds. The molecule has 1 N–H and O–H groups in total. The average Bonchev–Trinajstić information content (AvgIpc) is 3.41. The summed E-state index contributed by atoms with van der Waals surface area (Å²) in [5.74, 6) is 2.76. The predicted octanol–water partition coefficient (Wildman–Crippen LogP) is 4.19. The van der Waals surface area contributed by atoms with E-state index in [0.717, 1.165) is 29.2 Å². The van der Waals surface area contributed by atoms with E-state index in [1.165, 1.54) is 19.8 Å². The highest BCUT2D eigenvalue weighted by atomic mass is 16.5. The van der Waals surface area contributed by atoms with E-state index in [4.69, 9.17) is 13.9 Å². The van der Waals surface area contributed by atoms with Gasteiger partial charge >= 0.3 is 0 Å². The standard InChI is InChI=1S/C22H24N2O4/c1-14(23-15(2)25)12-26-18-7-5-17(6-8-18)22-24-20-10-9-19(11-21(20)28-22)27-13-16-3-4-16/h5-11,14,16H,3-4,12-13H2,1-2H3,(H,23,25). The number of nitrogens with one attached hydrogen (secondary N) is 1. The van der Waals surface area contributed by atoms with Crippen molar-refractivity contribution in [3.63, 3.8) is 0 Å². The van der Waals surface area contributed by atoms with Crippen LogP contribution in [0.3, 0.4) is 0 Å². The lowest BCUT2D eigenvalue weighted by Crippen LogP contribution is -2.35. The second-order valence-electron chi connectivity index (χ2n) is 7.34. The Labute approximate surface area is 163 Å². The Hall–Kier alpha value is -3.02. The molecule has 0 aliphatic heterocycles. The molecule has 1 aromatic heterocycles. The van der Waals surface area contributed by atoms with Crippen LogP contribution in [0.1, 0.15) is 26.7 Å². The van der Waals surface area contributed by atoms with Crippen LogP contribution in [0.25, 0.3) is 22.6 Å². The molecule has 1 saturated carbocycles. The predicted molar refractivity (Wildman–Crippen MR) is 106 cm³/mol. The molecule has 2 aromatic carbocycles. The van der Waals surface area contributed by atoms with E-state index in [2.05, 4.69) is 10.3 Å². The van der Waals surface area contributed by atoms with Gasteiger partial charge in [0, 0.05) is 18.6 Å². The number of carbonyl (C=O) groups excluding carboxylic acids is 1. The van der Waals surface area contributed by atoms with Crippen LogP contribution in [0.15, 0.2) is 46.9 Å². The van der Waals surface area contributed by atoms with E-state index < -0.39 is 0 Å². The number of nitrogens with zero attached hydrogens (tertiary/aromatic N) is 1. The van der Waals surface area contributed by atoms with Crippen molar-refractivity contribution in [2.75, 3.05) is 13.2 Å². The molecule has 0 bridgehead atoms. The Morgan fingerprint density at radius 3 is 2.64 bits per heavy atom. The Kier molecular flexibility index (Phi) is 5.19. The molecule has 0 spiro atoms. The Balaban J connectivity index is 1.41. The van der Waals surface area contributed by atoms with E-state index in [-0.39, 0.29) is 11.9 Å². The van der Waals surface area contributed by atoms with Crippen LogP contribution < -0.4 is 14.8 Å². The van der Waals surface area contributed by atoms with Gasteiger partial charge in [0.25, 0.3) is 0 Å². The van der Waals surface area contributed by atoms with E-state index in [9.17, 15) is 4.79 Å². The van der Waals surface area contributed by atoms with E-state index in [1.807, 2.05) is 49.4 Å². The van der Waals surface area contributed by atoms with Gasteiger partial charge in [-0.2, -0.15) is 0 Å². The van der Waals surface area contributed by atoms with Crippen LogP contribution in [-0.4, -0.2) is 30.1 Å². The van der Waals surface area contributed by atoms with Gasteiger partial charge in [-0.3, -0.25) is 4.79 Å². The number of benzene rings is 2. The van der Waals surface area contributed by atoms with Gasteiger partial charge in [-0.15, -0.1) is 0 Å². The lowest BCUT2D eigenvalue weighted by atomic mass is 10.2. The molecular weight excluding hydrogens is 356 g/mol. The van der Waals surface area contributed by atoms with Gasteiger partial charge in [0.1, 0.15) is 23.6 Å². The van der Waals surface area contributed by atoms with Crippen molar-refractivity contribution in [2.24, 2.45) is 5.92 Å². The zero-order valence-electron chi connectivity index (χ0n) is 16.1. The molecule has 1 atom stereocenters. The molecule has 1 fully saturated rings. The van der Waals surface area contributed by atoms with Gasteiger partial charge < -0.3 is 19.2 Å². The number of fused-ring (bicyclic) bond motifs is 1. The number of ether oxygens (including phenoxy) is 2. The van der Waals surface area contributed by atoms with Crippen LogP contribution in [-0.2, 0) is 4.79 Å². The van der Waals surface area contributed by atoms with E-state index in [0.29, 0.717) is 24.0 Å². The Bertz CT molecular complexity index is 960. The molecular formula is C22H24N2O4. The van der Waals surface area contributed by atoms with Gasteiger partial charge in [0.2, 0.25) is 11.8 Å². The van der Waals surface area contributed by atoms with Crippen molar-refractivity contribution in [2.45, 2.75) is 32.7 Å². The van der Waals surface area contributed by atoms with Crippen LogP contribution in [0.4, 0.5) is 0 Å². The molecule has 6 heteroatoms. The third-order valence-corrected chi connectivity index (χ3v) is 4.59. The normalized spacial score (nSPS) is 14.6. The first kappa shape index (κ1) is 18.3. The smallest absolute Gasteiger partial charge is 0.227 e. The van der Waals surface area contributed by atoms with E-state index >= 15 is 0 Å². The molecule has 0 radical (unpaired) electrons. The lowest BCUT2D eigenvalue weighted by molar-refractivity contribution is -0.119. The van der Waals surface area contributed by atoms with Crippen molar-refractivity contribution in [1.29, 1.82) is 0 Å². The second-order valence-corrected chi connectivity index (χ2v) is 7.34. The highest BCUT2D eigenvalue weighted by molar-refractivity contribution is 5.77. The van der Waals surface area contributed by atoms with E-state index in [1.54, 1.807) is 0 Å². The maximum absolute atomic E-state index is 11.0. The van der Waals surface area contributed by atoms with Gasteiger partial charge in [0.15, 0.2) is 5.58 Å². The highest BCUT2D eigenvalue weighted by Gasteiger charge is 2.22. The molecule has 28 heavy (non-hydrogen) atoms. The lowest BCUT2D eigenvalue weighted by Gasteiger charge is -2.13. The molecule has 4 rings (SSSR count). The Morgan fingerprint density at radius 2 is 1.93 bits per heavy atom. The van der Waals surface area contributed by atoms with Gasteiger partial charge in [-0.1, -0.05) is 0 Å². The molecule has 3 aromatic rings. The minimum atomic E-state index is -0.0662. The Morgan fingerprint density at radius 1 is 1.18 bits per heavy atom. The molecule has 6 nitrogen and oxygen atoms in total. The number of rotatable bonds is 8. The number of carbonyl (C=O) groups is 1. The molecule has 1 aliphatic carbocycles.